The second-order valence-corrected chi connectivity index (χ2v) is 6.95. The summed E-state index contributed by atoms with van der Waals surface area (Å²) in [5.41, 5.74) is -1.59. The number of rotatable bonds is 5. The first kappa shape index (κ1) is 20.1. The van der Waals surface area contributed by atoms with Crippen LogP contribution in [0.25, 0.3) is 0 Å². The van der Waals surface area contributed by atoms with E-state index in [-0.39, 0.29) is 19.0 Å². The van der Waals surface area contributed by atoms with Crippen LogP contribution in [0.4, 0.5) is 17.6 Å². The van der Waals surface area contributed by atoms with Gasteiger partial charge in [0, 0.05) is 6.54 Å². The highest BCUT2D eigenvalue weighted by molar-refractivity contribution is 7.89. The summed E-state index contributed by atoms with van der Waals surface area (Å²) in [7, 11) is -4.09. The van der Waals surface area contributed by atoms with E-state index in [0.29, 0.717) is 24.5 Å². The average Bonchev–Trinajstić information content (AvgIpc) is 2.90. The molecule has 2 N–H and O–H groups in total. The van der Waals surface area contributed by atoms with Crippen molar-refractivity contribution in [1.29, 1.82) is 0 Å². The highest BCUT2D eigenvalue weighted by Crippen LogP contribution is 2.32. The Kier molecular flexibility index (Phi) is 6.81. The summed E-state index contributed by atoms with van der Waals surface area (Å²) in [6.45, 7) is 1.81. The molecule has 1 heterocycles. The van der Waals surface area contributed by atoms with Crippen LogP contribution in [-0.2, 0) is 16.2 Å². The van der Waals surface area contributed by atoms with E-state index in [1.54, 1.807) is 0 Å². The summed E-state index contributed by atoms with van der Waals surface area (Å²) in [6, 6.07) is 1.65. The van der Waals surface area contributed by atoms with Crippen molar-refractivity contribution in [3.05, 3.63) is 29.6 Å². The first-order valence-electron chi connectivity index (χ1n) is 6.77. The molecule has 1 aromatic rings. The number of nitrogens with one attached hydrogen (secondary N) is 2. The van der Waals surface area contributed by atoms with Crippen LogP contribution < -0.4 is 10.0 Å². The van der Waals surface area contributed by atoms with Crippen molar-refractivity contribution in [3.8, 4) is 0 Å². The Morgan fingerprint density at radius 1 is 1.30 bits per heavy atom. The number of hydrogen-bond donors (Lipinski definition) is 2. The molecule has 0 amide bonds. The first-order valence-corrected chi connectivity index (χ1v) is 8.25. The van der Waals surface area contributed by atoms with Gasteiger partial charge in [0.05, 0.1) is 10.5 Å². The highest BCUT2D eigenvalue weighted by atomic mass is 35.5. The molecule has 1 aliphatic heterocycles. The Morgan fingerprint density at radius 2 is 2.00 bits per heavy atom. The molecule has 0 saturated carbocycles. The van der Waals surface area contributed by atoms with E-state index in [4.69, 9.17) is 0 Å². The second-order valence-electron chi connectivity index (χ2n) is 5.18. The monoisotopic (exact) mass is 376 g/mol. The van der Waals surface area contributed by atoms with Crippen LogP contribution in [0.2, 0.25) is 0 Å². The standard InChI is InChI=1S/C13H16F4N2O2S.ClH/c14-12-2-1-10(7-11(12)13(15,16)17)22(20,21)19-6-4-9-3-5-18-8-9;/h1-2,7,9,18-19H,3-6,8H2;1H. The third kappa shape index (κ3) is 5.30. The lowest BCUT2D eigenvalue weighted by atomic mass is 10.1. The fourth-order valence-electron chi connectivity index (χ4n) is 2.33. The summed E-state index contributed by atoms with van der Waals surface area (Å²) >= 11 is 0. The van der Waals surface area contributed by atoms with E-state index in [9.17, 15) is 26.0 Å². The smallest absolute Gasteiger partial charge is 0.316 e. The summed E-state index contributed by atoms with van der Waals surface area (Å²) in [5.74, 6) is -1.15. The molecule has 1 aliphatic rings. The van der Waals surface area contributed by atoms with Crippen molar-refractivity contribution >= 4 is 22.4 Å². The van der Waals surface area contributed by atoms with Crippen molar-refractivity contribution in [2.45, 2.75) is 23.9 Å². The first-order chi connectivity index (χ1) is 10.2. The molecule has 0 aromatic heterocycles. The molecule has 1 aromatic carbocycles. The summed E-state index contributed by atoms with van der Waals surface area (Å²) < 4.78 is 77.2. The predicted molar refractivity (Wildman–Crippen MR) is 79.4 cm³/mol. The second kappa shape index (κ2) is 7.78. The molecule has 0 aliphatic carbocycles. The minimum atomic E-state index is -4.94. The highest BCUT2D eigenvalue weighted by Gasteiger charge is 2.35. The van der Waals surface area contributed by atoms with Gasteiger partial charge in [0.25, 0.3) is 0 Å². The van der Waals surface area contributed by atoms with Crippen molar-refractivity contribution in [1.82, 2.24) is 10.0 Å². The number of halogens is 5. The molecular weight excluding hydrogens is 360 g/mol. The normalized spacial score (nSPS) is 18.7. The van der Waals surface area contributed by atoms with Crippen LogP contribution in [0.3, 0.4) is 0 Å². The summed E-state index contributed by atoms with van der Waals surface area (Å²) in [5, 5.41) is 3.14. The van der Waals surface area contributed by atoms with E-state index >= 15 is 0 Å². The maximum absolute atomic E-state index is 13.2. The van der Waals surface area contributed by atoms with Gasteiger partial charge < -0.3 is 5.32 Å². The largest absolute Gasteiger partial charge is 0.419 e. The van der Waals surface area contributed by atoms with Gasteiger partial charge in [-0.3, -0.25) is 0 Å². The van der Waals surface area contributed by atoms with Gasteiger partial charge in [0.2, 0.25) is 10.0 Å². The van der Waals surface area contributed by atoms with E-state index in [2.05, 4.69) is 10.0 Å². The summed E-state index contributed by atoms with van der Waals surface area (Å²) in [4.78, 5) is -0.592. The van der Waals surface area contributed by atoms with Crippen LogP contribution in [0.1, 0.15) is 18.4 Å². The van der Waals surface area contributed by atoms with Gasteiger partial charge in [0.1, 0.15) is 5.82 Å². The van der Waals surface area contributed by atoms with Crippen molar-refractivity contribution in [3.63, 3.8) is 0 Å². The number of benzene rings is 1. The number of alkyl halides is 3. The van der Waals surface area contributed by atoms with Gasteiger partial charge in [0.15, 0.2) is 0 Å². The van der Waals surface area contributed by atoms with Crippen LogP contribution in [-0.4, -0.2) is 28.1 Å². The lowest BCUT2D eigenvalue weighted by molar-refractivity contribution is -0.140. The van der Waals surface area contributed by atoms with Gasteiger partial charge >= 0.3 is 6.18 Å². The minimum absolute atomic E-state index is 0. The molecule has 132 valence electrons. The quantitative estimate of drug-likeness (QED) is 0.776. The Balaban J connectivity index is 0.00000264. The molecule has 0 radical (unpaired) electrons. The maximum atomic E-state index is 13.2. The van der Waals surface area contributed by atoms with Gasteiger partial charge in [-0.05, 0) is 50.0 Å². The third-order valence-electron chi connectivity index (χ3n) is 3.56. The zero-order valence-corrected chi connectivity index (χ0v) is 13.6. The molecule has 4 nitrogen and oxygen atoms in total. The average molecular weight is 377 g/mol. The van der Waals surface area contributed by atoms with Gasteiger partial charge in [-0.15, -0.1) is 12.4 Å². The van der Waals surface area contributed by atoms with E-state index < -0.39 is 32.5 Å². The van der Waals surface area contributed by atoms with Gasteiger partial charge in [-0.2, -0.15) is 13.2 Å². The molecular formula is C13H17ClF4N2O2S. The predicted octanol–water partition coefficient (Wildman–Crippen LogP) is 2.54. The van der Waals surface area contributed by atoms with Crippen LogP contribution in [0.15, 0.2) is 23.1 Å². The van der Waals surface area contributed by atoms with E-state index in [1.165, 1.54) is 0 Å². The van der Waals surface area contributed by atoms with Crippen LogP contribution in [0.5, 0.6) is 0 Å². The zero-order valence-electron chi connectivity index (χ0n) is 12.0. The molecule has 1 atom stereocenters. The van der Waals surface area contributed by atoms with E-state index in [0.717, 1.165) is 25.6 Å². The van der Waals surface area contributed by atoms with Crippen molar-refractivity contribution < 1.29 is 26.0 Å². The molecule has 1 unspecified atom stereocenters. The fraction of sp³-hybridized carbons (Fsp3) is 0.538. The van der Waals surface area contributed by atoms with Crippen LogP contribution >= 0.6 is 12.4 Å². The number of sulfonamides is 1. The van der Waals surface area contributed by atoms with Crippen molar-refractivity contribution in [2.24, 2.45) is 5.92 Å². The maximum Gasteiger partial charge on any atom is 0.419 e. The molecule has 23 heavy (non-hydrogen) atoms. The lowest BCUT2D eigenvalue weighted by Crippen LogP contribution is -2.27. The van der Waals surface area contributed by atoms with Gasteiger partial charge in [-0.25, -0.2) is 17.5 Å². The molecule has 1 fully saturated rings. The Bertz CT molecular complexity index is 631. The fourth-order valence-corrected chi connectivity index (χ4v) is 3.40. The molecule has 0 bridgehead atoms. The Labute approximate surface area is 138 Å². The Morgan fingerprint density at radius 3 is 2.57 bits per heavy atom. The molecule has 0 spiro atoms. The number of hydrogen-bond acceptors (Lipinski definition) is 3. The van der Waals surface area contributed by atoms with Gasteiger partial charge in [-0.1, -0.05) is 0 Å². The molecule has 10 heteroatoms. The zero-order chi connectivity index (χ0) is 16.4. The minimum Gasteiger partial charge on any atom is -0.316 e. The van der Waals surface area contributed by atoms with Crippen molar-refractivity contribution in [2.75, 3.05) is 19.6 Å². The third-order valence-corrected chi connectivity index (χ3v) is 5.02. The van der Waals surface area contributed by atoms with Crippen LogP contribution in [0, 0.1) is 11.7 Å². The SMILES string of the molecule is Cl.O=S(=O)(NCCC1CCNC1)c1ccc(F)c(C(F)(F)F)c1. The molecule has 1 saturated heterocycles. The topological polar surface area (TPSA) is 58.2 Å². The lowest BCUT2D eigenvalue weighted by Gasteiger charge is -2.12. The summed E-state index contributed by atoms with van der Waals surface area (Å²) in [6.07, 6.45) is -3.40. The van der Waals surface area contributed by atoms with E-state index in [1.807, 2.05) is 0 Å². The Hall–Kier alpha value is -0.900. The molecule has 2 rings (SSSR count).